The van der Waals surface area contributed by atoms with Crippen molar-refractivity contribution in [3.05, 3.63) is 23.3 Å². The zero-order chi connectivity index (χ0) is 13.7. The summed E-state index contributed by atoms with van der Waals surface area (Å²) in [5.41, 5.74) is 1.22. The minimum absolute atomic E-state index is 0.197. The third-order valence-electron chi connectivity index (χ3n) is 2.86. The first-order valence-electron chi connectivity index (χ1n) is 5.75. The van der Waals surface area contributed by atoms with Crippen molar-refractivity contribution in [2.24, 2.45) is 5.92 Å². The van der Waals surface area contributed by atoms with Crippen molar-refractivity contribution in [2.75, 3.05) is 14.2 Å². The maximum Gasteiger partial charge on any atom is 0.183 e. The average Bonchev–Trinajstić information content (AvgIpc) is 2.38. The molecule has 0 radical (unpaired) electrons. The molecule has 0 fully saturated rings. The summed E-state index contributed by atoms with van der Waals surface area (Å²) in [7, 11) is 3.05. The highest BCUT2D eigenvalue weighted by Crippen LogP contribution is 2.30. The van der Waals surface area contributed by atoms with E-state index < -0.39 is 5.92 Å². The van der Waals surface area contributed by atoms with Crippen LogP contribution < -0.4 is 9.47 Å². The van der Waals surface area contributed by atoms with Crippen molar-refractivity contribution in [1.82, 2.24) is 0 Å². The third-order valence-corrected chi connectivity index (χ3v) is 2.86. The van der Waals surface area contributed by atoms with Gasteiger partial charge in [-0.2, -0.15) is 5.26 Å². The Labute approximate surface area is 107 Å². The molecule has 0 amide bonds. The van der Waals surface area contributed by atoms with Gasteiger partial charge in [-0.3, -0.25) is 4.79 Å². The van der Waals surface area contributed by atoms with Crippen LogP contribution in [0.2, 0.25) is 0 Å². The molecule has 96 valence electrons. The molecule has 0 aliphatic rings. The van der Waals surface area contributed by atoms with Gasteiger partial charge in [-0.15, -0.1) is 0 Å². The topological polar surface area (TPSA) is 59.3 Å². The lowest BCUT2D eigenvalue weighted by Crippen LogP contribution is -2.14. The molecule has 0 N–H and O–H groups in total. The normalized spacial score (nSPS) is 11.5. The third kappa shape index (κ3) is 2.62. The summed E-state index contributed by atoms with van der Waals surface area (Å²) in [6, 6.07) is 5.44. The van der Waals surface area contributed by atoms with E-state index in [0.29, 0.717) is 23.5 Å². The first-order valence-corrected chi connectivity index (χ1v) is 5.75. The Morgan fingerprint density at radius 3 is 2.50 bits per heavy atom. The number of rotatable bonds is 5. The summed E-state index contributed by atoms with van der Waals surface area (Å²) in [4.78, 5) is 12.3. The van der Waals surface area contributed by atoms with Crippen LogP contribution in [0.15, 0.2) is 12.1 Å². The van der Waals surface area contributed by atoms with Crippen LogP contribution in [0.5, 0.6) is 11.5 Å². The highest BCUT2D eigenvalue weighted by Gasteiger charge is 2.23. The molecular formula is C14H17NO3. The number of Topliss-reactive ketones (excluding diaryl/α,β-unsaturated/α-hetero) is 1. The van der Waals surface area contributed by atoms with Crippen molar-refractivity contribution in [3.63, 3.8) is 0 Å². The largest absolute Gasteiger partial charge is 0.497 e. The highest BCUT2D eigenvalue weighted by atomic mass is 16.5. The lowest BCUT2D eigenvalue weighted by Gasteiger charge is -2.14. The number of methoxy groups -OCH3 is 2. The van der Waals surface area contributed by atoms with Crippen molar-refractivity contribution >= 4 is 5.78 Å². The van der Waals surface area contributed by atoms with E-state index in [4.69, 9.17) is 14.7 Å². The van der Waals surface area contributed by atoms with Crippen LogP contribution in [-0.2, 0) is 0 Å². The van der Waals surface area contributed by atoms with Gasteiger partial charge in [-0.05, 0) is 25.0 Å². The van der Waals surface area contributed by atoms with E-state index in [0.717, 1.165) is 5.56 Å². The number of nitriles is 1. The van der Waals surface area contributed by atoms with Gasteiger partial charge in [0.05, 0.1) is 25.9 Å². The fourth-order valence-electron chi connectivity index (χ4n) is 1.83. The maximum absolute atomic E-state index is 12.3. The minimum Gasteiger partial charge on any atom is -0.497 e. The van der Waals surface area contributed by atoms with Crippen LogP contribution in [-0.4, -0.2) is 20.0 Å². The predicted octanol–water partition coefficient (Wildman–Crippen LogP) is 2.74. The Kier molecular flexibility index (Phi) is 4.73. The van der Waals surface area contributed by atoms with Crippen LogP contribution in [0.25, 0.3) is 0 Å². The Balaban J connectivity index is 3.32. The average molecular weight is 247 g/mol. The summed E-state index contributed by atoms with van der Waals surface area (Å²) in [6.07, 6.45) is 0.490. The second kappa shape index (κ2) is 6.06. The lowest BCUT2D eigenvalue weighted by molar-refractivity contribution is 0.0943. The molecule has 0 aliphatic heterocycles. The van der Waals surface area contributed by atoms with Crippen LogP contribution >= 0.6 is 0 Å². The summed E-state index contributed by atoms with van der Waals surface area (Å²) in [5, 5.41) is 8.98. The van der Waals surface area contributed by atoms with Gasteiger partial charge in [0.2, 0.25) is 0 Å². The van der Waals surface area contributed by atoms with Gasteiger partial charge in [-0.1, -0.05) is 6.92 Å². The Morgan fingerprint density at radius 2 is 2.06 bits per heavy atom. The van der Waals surface area contributed by atoms with Gasteiger partial charge in [0, 0.05) is 6.07 Å². The zero-order valence-corrected chi connectivity index (χ0v) is 11.1. The van der Waals surface area contributed by atoms with Gasteiger partial charge in [0.1, 0.15) is 17.4 Å². The number of aryl methyl sites for hydroxylation is 1. The zero-order valence-electron chi connectivity index (χ0n) is 11.1. The first kappa shape index (κ1) is 14.0. The summed E-state index contributed by atoms with van der Waals surface area (Å²) in [6.45, 7) is 3.62. The number of ether oxygens (including phenoxy) is 2. The van der Waals surface area contributed by atoms with Gasteiger partial charge in [-0.25, -0.2) is 0 Å². The monoisotopic (exact) mass is 247 g/mol. The van der Waals surface area contributed by atoms with E-state index in [1.165, 1.54) is 7.11 Å². The number of hydrogen-bond donors (Lipinski definition) is 0. The molecule has 1 rings (SSSR count). The summed E-state index contributed by atoms with van der Waals surface area (Å²) >= 11 is 0. The SMILES string of the molecule is CCC(C#N)C(=O)c1c(C)cc(OC)cc1OC. The molecule has 0 aromatic heterocycles. The number of benzene rings is 1. The smallest absolute Gasteiger partial charge is 0.183 e. The standard InChI is InChI=1S/C14H17NO3/c1-5-10(8-15)14(16)13-9(2)6-11(17-3)7-12(13)18-4/h6-7,10H,5H2,1-4H3. The van der Waals surface area contributed by atoms with E-state index >= 15 is 0 Å². The predicted molar refractivity (Wildman–Crippen MR) is 68.0 cm³/mol. The molecule has 4 nitrogen and oxygen atoms in total. The van der Waals surface area contributed by atoms with E-state index in [1.54, 1.807) is 19.2 Å². The Morgan fingerprint density at radius 1 is 1.39 bits per heavy atom. The molecule has 0 aliphatic carbocycles. The number of nitrogens with zero attached hydrogens (tertiary/aromatic N) is 1. The molecule has 0 bridgehead atoms. The van der Waals surface area contributed by atoms with Crippen LogP contribution in [0, 0.1) is 24.2 Å². The van der Waals surface area contributed by atoms with Crippen molar-refractivity contribution in [3.8, 4) is 17.6 Å². The number of hydrogen-bond acceptors (Lipinski definition) is 4. The highest BCUT2D eigenvalue weighted by molar-refractivity contribution is 6.03. The fraction of sp³-hybridized carbons (Fsp3) is 0.429. The van der Waals surface area contributed by atoms with Gasteiger partial charge < -0.3 is 9.47 Å². The lowest BCUT2D eigenvalue weighted by atomic mass is 9.93. The van der Waals surface area contributed by atoms with Crippen molar-refractivity contribution in [2.45, 2.75) is 20.3 Å². The molecule has 0 heterocycles. The second-order valence-electron chi connectivity index (χ2n) is 3.98. The van der Waals surface area contributed by atoms with Crippen molar-refractivity contribution in [1.29, 1.82) is 5.26 Å². The van der Waals surface area contributed by atoms with Crippen molar-refractivity contribution < 1.29 is 14.3 Å². The molecule has 1 aromatic rings. The van der Waals surface area contributed by atoms with E-state index in [2.05, 4.69) is 0 Å². The van der Waals surface area contributed by atoms with E-state index in [9.17, 15) is 4.79 Å². The molecule has 1 atom stereocenters. The Bertz CT molecular complexity index is 489. The van der Waals surface area contributed by atoms with Crippen LogP contribution in [0.4, 0.5) is 0 Å². The molecule has 0 saturated heterocycles. The minimum atomic E-state index is -0.633. The first-order chi connectivity index (χ1) is 8.58. The number of ketones is 1. The number of carbonyl (C=O) groups is 1. The van der Waals surface area contributed by atoms with Gasteiger partial charge in [0.15, 0.2) is 5.78 Å². The maximum atomic E-state index is 12.3. The van der Waals surface area contributed by atoms with E-state index in [-0.39, 0.29) is 5.78 Å². The fourth-order valence-corrected chi connectivity index (χ4v) is 1.83. The molecule has 1 unspecified atom stereocenters. The second-order valence-corrected chi connectivity index (χ2v) is 3.98. The van der Waals surface area contributed by atoms with Crippen LogP contribution in [0.1, 0.15) is 29.3 Å². The molecular weight excluding hydrogens is 230 g/mol. The quantitative estimate of drug-likeness (QED) is 0.751. The Hall–Kier alpha value is -2.02. The summed E-state index contributed by atoms with van der Waals surface area (Å²) in [5.74, 6) is 0.249. The number of carbonyl (C=O) groups excluding carboxylic acids is 1. The van der Waals surface area contributed by atoms with Gasteiger partial charge >= 0.3 is 0 Å². The molecule has 4 heteroatoms. The van der Waals surface area contributed by atoms with Gasteiger partial charge in [0.25, 0.3) is 0 Å². The summed E-state index contributed by atoms with van der Waals surface area (Å²) < 4.78 is 10.3. The molecule has 1 aromatic carbocycles. The molecule has 18 heavy (non-hydrogen) atoms. The van der Waals surface area contributed by atoms with E-state index in [1.807, 2.05) is 19.9 Å². The molecule has 0 saturated carbocycles. The van der Waals surface area contributed by atoms with Crippen LogP contribution in [0.3, 0.4) is 0 Å². The molecule has 0 spiro atoms.